The zero-order valence-electron chi connectivity index (χ0n) is 10.4. The van der Waals surface area contributed by atoms with E-state index in [0.717, 1.165) is 6.07 Å². The van der Waals surface area contributed by atoms with E-state index in [0.29, 0.717) is 4.47 Å². The summed E-state index contributed by atoms with van der Waals surface area (Å²) < 4.78 is 24.8. The van der Waals surface area contributed by atoms with Gasteiger partial charge in [0, 0.05) is 23.2 Å². The molecule has 0 aromatic heterocycles. The maximum atomic E-state index is 11.8. The van der Waals surface area contributed by atoms with E-state index in [9.17, 15) is 23.3 Å². The maximum absolute atomic E-state index is 11.8. The summed E-state index contributed by atoms with van der Waals surface area (Å²) in [5, 5.41) is 13.0. The number of sulfonamides is 1. The molecular weight excluding hydrogens is 354 g/mol. The van der Waals surface area contributed by atoms with Crippen molar-refractivity contribution < 1.29 is 18.1 Å². The average molecular weight is 366 g/mol. The van der Waals surface area contributed by atoms with Gasteiger partial charge in [-0.05, 0) is 29.0 Å². The van der Waals surface area contributed by atoms with E-state index in [2.05, 4.69) is 26.0 Å². The van der Waals surface area contributed by atoms with Crippen LogP contribution in [0.2, 0.25) is 0 Å². The van der Waals surface area contributed by atoms with Crippen LogP contribution in [0.25, 0.3) is 0 Å². The molecule has 8 nitrogen and oxygen atoms in total. The van der Waals surface area contributed by atoms with Crippen molar-refractivity contribution in [2.24, 2.45) is 0 Å². The normalized spacial score (nSPS) is 11.1. The first kappa shape index (κ1) is 16.5. The number of amides is 1. The highest BCUT2D eigenvalue weighted by Gasteiger charge is 2.16. The Bertz CT molecular complexity index is 632. The lowest BCUT2D eigenvalue weighted by atomic mass is 10.2. The Morgan fingerprint density at radius 1 is 1.45 bits per heavy atom. The minimum atomic E-state index is -3.41. The summed E-state index contributed by atoms with van der Waals surface area (Å²) >= 11 is 3.11. The number of hydrogen-bond donors (Lipinski definition) is 2. The summed E-state index contributed by atoms with van der Waals surface area (Å²) in [4.78, 5) is 21.9. The molecule has 0 radical (unpaired) electrons. The quantitative estimate of drug-likeness (QED) is 0.566. The number of halogens is 1. The van der Waals surface area contributed by atoms with Crippen LogP contribution in [0, 0.1) is 10.1 Å². The van der Waals surface area contributed by atoms with Gasteiger partial charge in [-0.1, -0.05) is 0 Å². The Labute approximate surface area is 123 Å². The fraction of sp³-hybridized carbons (Fsp3) is 0.300. The van der Waals surface area contributed by atoms with Crippen molar-refractivity contribution in [3.05, 3.63) is 38.3 Å². The van der Waals surface area contributed by atoms with Gasteiger partial charge in [-0.25, -0.2) is 13.1 Å². The number of hydrogen-bond acceptors (Lipinski definition) is 5. The number of non-ortho nitro benzene ring substituents is 1. The molecule has 0 aliphatic carbocycles. The Hall–Kier alpha value is -1.52. The van der Waals surface area contributed by atoms with Gasteiger partial charge in [-0.2, -0.15) is 0 Å². The van der Waals surface area contributed by atoms with Gasteiger partial charge in [-0.15, -0.1) is 0 Å². The molecule has 2 N–H and O–H groups in total. The van der Waals surface area contributed by atoms with Gasteiger partial charge in [0.15, 0.2) is 0 Å². The lowest BCUT2D eigenvalue weighted by Gasteiger charge is -2.07. The van der Waals surface area contributed by atoms with E-state index in [4.69, 9.17) is 0 Å². The van der Waals surface area contributed by atoms with E-state index in [1.54, 1.807) is 0 Å². The van der Waals surface area contributed by atoms with Crippen molar-refractivity contribution in [2.45, 2.75) is 0 Å². The molecule has 20 heavy (non-hydrogen) atoms. The summed E-state index contributed by atoms with van der Waals surface area (Å²) in [6.07, 6.45) is 0. The van der Waals surface area contributed by atoms with Gasteiger partial charge in [0.05, 0.1) is 16.2 Å². The van der Waals surface area contributed by atoms with Crippen LogP contribution >= 0.6 is 15.9 Å². The predicted octanol–water partition coefficient (Wildman–Crippen LogP) is 0.636. The smallest absolute Gasteiger partial charge is 0.270 e. The first-order valence-electron chi connectivity index (χ1n) is 5.40. The van der Waals surface area contributed by atoms with Gasteiger partial charge < -0.3 is 5.32 Å². The van der Waals surface area contributed by atoms with E-state index in [1.807, 2.05) is 0 Å². The first-order valence-corrected chi connectivity index (χ1v) is 7.84. The highest BCUT2D eigenvalue weighted by Crippen LogP contribution is 2.22. The van der Waals surface area contributed by atoms with Crippen LogP contribution in [-0.2, 0) is 10.0 Å². The van der Waals surface area contributed by atoms with Crippen LogP contribution in [0.3, 0.4) is 0 Å². The van der Waals surface area contributed by atoms with Crippen LogP contribution in [0.15, 0.2) is 22.7 Å². The van der Waals surface area contributed by atoms with Crippen molar-refractivity contribution in [3.8, 4) is 0 Å². The number of benzene rings is 1. The van der Waals surface area contributed by atoms with Crippen molar-refractivity contribution in [3.63, 3.8) is 0 Å². The Kier molecular flexibility index (Phi) is 5.60. The van der Waals surface area contributed by atoms with Crippen molar-refractivity contribution >= 4 is 37.5 Å². The van der Waals surface area contributed by atoms with E-state index in [1.165, 1.54) is 19.2 Å². The van der Waals surface area contributed by atoms with Gasteiger partial charge in [0.25, 0.3) is 11.6 Å². The van der Waals surface area contributed by atoms with E-state index in [-0.39, 0.29) is 23.5 Å². The number of nitro groups is 1. The molecule has 110 valence electrons. The lowest BCUT2D eigenvalue weighted by Crippen LogP contribution is -2.33. The number of nitrogens with one attached hydrogen (secondary N) is 2. The number of nitrogens with zero attached hydrogens (tertiary/aromatic N) is 1. The summed E-state index contributed by atoms with van der Waals surface area (Å²) in [6, 6.07) is 3.76. The third-order valence-corrected chi connectivity index (χ3v) is 4.43. The summed E-state index contributed by atoms with van der Waals surface area (Å²) in [5.74, 6) is -0.867. The topological polar surface area (TPSA) is 118 Å². The van der Waals surface area contributed by atoms with Crippen LogP contribution in [-0.4, -0.2) is 38.6 Å². The SMILES string of the molecule is CNS(=O)(=O)CCNC(=O)c1cc([N+](=O)[O-])ccc1Br. The molecule has 0 fully saturated rings. The third-order valence-electron chi connectivity index (χ3n) is 2.37. The number of rotatable bonds is 6. The molecule has 1 amide bonds. The van der Waals surface area contributed by atoms with Gasteiger partial charge in [-0.3, -0.25) is 14.9 Å². The molecule has 0 atom stereocenters. The molecule has 0 heterocycles. The van der Waals surface area contributed by atoms with Crippen molar-refractivity contribution in [1.29, 1.82) is 0 Å². The Balaban J connectivity index is 2.78. The fourth-order valence-corrected chi connectivity index (χ4v) is 2.30. The second-order valence-corrected chi connectivity index (χ2v) is 6.60. The minimum Gasteiger partial charge on any atom is -0.351 e. The molecule has 0 unspecified atom stereocenters. The lowest BCUT2D eigenvalue weighted by molar-refractivity contribution is -0.384. The second kappa shape index (κ2) is 6.77. The molecular formula is C10H12BrN3O5S. The van der Waals surface area contributed by atoms with Gasteiger partial charge >= 0.3 is 0 Å². The summed E-state index contributed by atoms with van der Waals surface area (Å²) in [6.45, 7) is -0.100. The molecule has 10 heteroatoms. The first-order chi connectivity index (χ1) is 9.26. The standard InChI is InChI=1S/C10H12BrN3O5S/c1-12-20(18,19)5-4-13-10(15)8-6-7(14(16)17)2-3-9(8)11/h2-3,6,12H,4-5H2,1H3,(H,13,15). The molecule has 1 rings (SSSR count). The predicted molar refractivity (Wildman–Crippen MR) is 76.0 cm³/mol. The van der Waals surface area contributed by atoms with Crippen LogP contribution in [0.5, 0.6) is 0 Å². The van der Waals surface area contributed by atoms with Crippen LogP contribution in [0.1, 0.15) is 10.4 Å². The van der Waals surface area contributed by atoms with Crippen LogP contribution < -0.4 is 10.0 Å². The second-order valence-electron chi connectivity index (χ2n) is 3.70. The fourth-order valence-electron chi connectivity index (χ4n) is 1.30. The highest BCUT2D eigenvalue weighted by atomic mass is 79.9. The largest absolute Gasteiger partial charge is 0.351 e. The molecule has 0 bridgehead atoms. The zero-order valence-corrected chi connectivity index (χ0v) is 12.8. The van der Waals surface area contributed by atoms with E-state index >= 15 is 0 Å². The average Bonchev–Trinajstić information content (AvgIpc) is 2.38. The Morgan fingerprint density at radius 3 is 2.65 bits per heavy atom. The molecule has 1 aromatic rings. The van der Waals surface area contributed by atoms with Crippen LogP contribution in [0.4, 0.5) is 5.69 Å². The monoisotopic (exact) mass is 365 g/mol. The van der Waals surface area contributed by atoms with Crippen molar-refractivity contribution in [1.82, 2.24) is 10.0 Å². The molecule has 0 saturated carbocycles. The molecule has 1 aromatic carbocycles. The number of nitro benzene ring substituents is 1. The molecule has 0 saturated heterocycles. The van der Waals surface area contributed by atoms with Crippen molar-refractivity contribution in [2.75, 3.05) is 19.3 Å². The third kappa shape index (κ3) is 4.54. The molecule has 0 spiro atoms. The zero-order chi connectivity index (χ0) is 15.3. The Morgan fingerprint density at radius 2 is 2.10 bits per heavy atom. The number of carbonyl (C=O) groups is 1. The van der Waals surface area contributed by atoms with E-state index < -0.39 is 20.9 Å². The highest BCUT2D eigenvalue weighted by molar-refractivity contribution is 9.10. The number of carbonyl (C=O) groups excluding carboxylic acids is 1. The maximum Gasteiger partial charge on any atom is 0.270 e. The molecule has 0 aliphatic rings. The molecule has 0 aliphatic heterocycles. The summed E-state index contributed by atoms with van der Waals surface area (Å²) in [7, 11) is -2.14. The summed E-state index contributed by atoms with van der Waals surface area (Å²) in [5.41, 5.74) is -0.151. The minimum absolute atomic E-state index is 0.0704. The van der Waals surface area contributed by atoms with Gasteiger partial charge in [0.1, 0.15) is 0 Å². The van der Waals surface area contributed by atoms with Gasteiger partial charge in [0.2, 0.25) is 10.0 Å².